The van der Waals surface area contributed by atoms with Gasteiger partial charge >= 0.3 is 0 Å². The smallest absolute Gasteiger partial charge is 0.229 e. The summed E-state index contributed by atoms with van der Waals surface area (Å²) in [5, 5.41) is 3.99. The molecule has 0 radical (unpaired) electrons. The van der Waals surface area contributed by atoms with Crippen molar-refractivity contribution in [1.82, 2.24) is 10.2 Å². The maximum atomic E-state index is 11.9. The van der Waals surface area contributed by atoms with E-state index in [1.165, 1.54) is 25.7 Å². The lowest BCUT2D eigenvalue weighted by Gasteiger charge is -2.62. The summed E-state index contributed by atoms with van der Waals surface area (Å²) in [6.45, 7) is 4.90. The molecule has 2 amide bonds. The number of rotatable bonds is 3. The van der Waals surface area contributed by atoms with Crippen molar-refractivity contribution in [3.8, 4) is 0 Å². The maximum absolute atomic E-state index is 11.9. The third-order valence-electron chi connectivity index (χ3n) is 7.57. The fourth-order valence-electron chi connectivity index (χ4n) is 6.24. The molecule has 1 aliphatic heterocycles. The van der Waals surface area contributed by atoms with E-state index in [-0.39, 0.29) is 17.9 Å². The zero-order chi connectivity index (χ0) is 16.9. The molecule has 0 bridgehead atoms. The molecule has 1 saturated heterocycles. The van der Waals surface area contributed by atoms with Crippen LogP contribution < -0.4 is 5.32 Å². The van der Waals surface area contributed by atoms with Gasteiger partial charge in [0.25, 0.3) is 0 Å². The Kier molecular flexibility index (Phi) is 4.22. The number of carbonyl (C=O) groups is 2. The first-order valence-corrected chi connectivity index (χ1v) is 10.1. The predicted molar refractivity (Wildman–Crippen MR) is 93.3 cm³/mol. The third-order valence-corrected chi connectivity index (χ3v) is 7.57. The minimum absolute atomic E-state index is 0.0570. The normalized spacial score (nSPS) is 41.9. The average molecular weight is 332 g/mol. The van der Waals surface area contributed by atoms with Gasteiger partial charge in [-0.3, -0.25) is 14.5 Å². The summed E-state index contributed by atoms with van der Waals surface area (Å²) < 4.78 is 0. The number of likely N-dealkylation sites (tertiary alicyclic amines) is 1. The second-order valence-electron chi connectivity index (χ2n) is 9.18. The average Bonchev–Trinajstić information content (AvgIpc) is 2.92. The summed E-state index contributed by atoms with van der Waals surface area (Å²) in [5.74, 6) is 1.91. The second kappa shape index (κ2) is 6.12. The van der Waals surface area contributed by atoms with Crippen LogP contribution in [0.2, 0.25) is 0 Å². The van der Waals surface area contributed by atoms with E-state index in [0.29, 0.717) is 30.3 Å². The van der Waals surface area contributed by atoms with Crippen molar-refractivity contribution < 1.29 is 9.59 Å². The van der Waals surface area contributed by atoms with Gasteiger partial charge in [-0.25, -0.2) is 0 Å². The zero-order valence-electron chi connectivity index (χ0n) is 15.2. The van der Waals surface area contributed by atoms with E-state index >= 15 is 0 Å². The number of nitrogens with one attached hydrogen (secondary N) is 1. The highest BCUT2D eigenvalue weighted by Crippen LogP contribution is 2.57. The predicted octanol–water partition coefficient (Wildman–Crippen LogP) is 3.25. The molecule has 1 N–H and O–H groups in total. The molecule has 3 saturated carbocycles. The molecule has 4 aliphatic rings. The molecule has 3 aliphatic carbocycles. The lowest BCUT2D eigenvalue weighted by Crippen LogP contribution is -2.66. The van der Waals surface area contributed by atoms with Gasteiger partial charge in [0, 0.05) is 31.0 Å². The summed E-state index contributed by atoms with van der Waals surface area (Å²) >= 11 is 0. The van der Waals surface area contributed by atoms with Gasteiger partial charge in [0.05, 0.1) is 0 Å². The molecule has 24 heavy (non-hydrogen) atoms. The maximum Gasteiger partial charge on any atom is 0.229 e. The Hall–Kier alpha value is -0.900. The van der Waals surface area contributed by atoms with Crippen LogP contribution >= 0.6 is 0 Å². The third kappa shape index (κ3) is 2.61. The minimum atomic E-state index is 0.0570. The van der Waals surface area contributed by atoms with Gasteiger partial charge in [0.2, 0.25) is 11.8 Å². The first-order chi connectivity index (χ1) is 11.5. The van der Waals surface area contributed by atoms with Crippen molar-refractivity contribution in [2.45, 2.75) is 96.2 Å². The largest absolute Gasteiger partial charge is 0.310 e. The van der Waals surface area contributed by atoms with Gasteiger partial charge in [0.15, 0.2) is 0 Å². The van der Waals surface area contributed by atoms with Crippen LogP contribution in [0.5, 0.6) is 0 Å². The van der Waals surface area contributed by atoms with E-state index in [4.69, 9.17) is 0 Å². The Morgan fingerprint density at radius 3 is 2.21 bits per heavy atom. The van der Waals surface area contributed by atoms with Gasteiger partial charge in [-0.15, -0.1) is 0 Å². The first kappa shape index (κ1) is 16.6. The van der Waals surface area contributed by atoms with Gasteiger partial charge in [-0.1, -0.05) is 26.7 Å². The van der Waals surface area contributed by atoms with Crippen LogP contribution in [0.4, 0.5) is 0 Å². The van der Waals surface area contributed by atoms with Gasteiger partial charge in [0.1, 0.15) is 0 Å². The van der Waals surface area contributed by atoms with Gasteiger partial charge < -0.3 is 5.32 Å². The van der Waals surface area contributed by atoms with Gasteiger partial charge in [-0.05, 0) is 55.8 Å². The van der Waals surface area contributed by atoms with E-state index in [2.05, 4.69) is 19.2 Å². The molecule has 0 aromatic heterocycles. The standard InChI is InChI=1S/C20H32N2O2/c1-20(2)16-6-4-3-5-15(16)19(20)21-13-7-9-14(10-8-13)22-17(23)11-12-18(22)24/h13-16,19,21H,3-12H2,1-2H3/t13?,14?,15-,16+,19?/m1/s1. The van der Waals surface area contributed by atoms with E-state index < -0.39 is 0 Å². The monoisotopic (exact) mass is 332 g/mol. The second-order valence-corrected chi connectivity index (χ2v) is 9.18. The van der Waals surface area contributed by atoms with E-state index in [1.54, 1.807) is 4.90 Å². The SMILES string of the molecule is CC1(C)C(NC2CCC(N3C(=O)CCC3=O)CC2)[C@@H]2CCCC[C@@H]21. The molecule has 4 rings (SSSR count). The lowest BCUT2D eigenvalue weighted by atomic mass is 9.47. The number of amides is 2. The van der Waals surface area contributed by atoms with Crippen molar-refractivity contribution in [2.75, 3.05) is 0 Å². The summed E-state index contributed by atoms with van der Waals surface area (Å²) in [6, 6.07) is 1.41. The van der Waals surface area contributed by atoms with Crippen molar-refractivity contribution >= 4 is 11.8 Å². The molecule has 1 heterocycles. The molecule has 4 fully saturated rings. The van der Waals surface area contributed by atoms with Crippen LogP contribution in [0.15, 0.2) is 0 Å². The molecule has 0 aromatic carbocycles. The molecule has 3 atom stereocenters. The van der Waals surface area contributed by atoms with E-state index in [0.717, 1.165) is 37.5 Å². The molecule has 134 valence electrons. The van der Waals surface area contributed by atoms with E-state index in [9.17, 15) is 9.59 Å². The molecule has 4 heteroatoms. The van der Waals surface area contributed by atoms with E-state index in [1.807, 2.05) is 0 Å². The summed E-state index contributed by atoms with van der Waals surface area (Å²) in [7, 11) is 0. The lowest BCUT2D eigenvalue weighted by molar-refractivity contribution is -0.142. The highest BCUT2D eigenvalue weighted by Gasteiger charge is 2.56. The Morgan fingerprint density at radius 2 is 1.54 bits per heavy atom. The number of fused-ring (bicyclic) bond motifs is 1. The van der Waals surface area contributed by atoms with Crippen LogP contribution in [-0.2, 0) is 9.59 Å². The van der Waals surface area contributed by atoms with Crippen molar-refractivity contribution in [3.05, 3.63) is 0 Å². The highest BCUT2D eigenvalue weighted by molar-refractivity contribution is 6.02. The summed E-state index contributed by atoms with van der Waals surface area (Å²) in [5.41, 5.74) is 0.433. The van der Waals surface area contributed by atoms with Crippen molar-refractivity contribution in [3.63, 3.8) is 0 Å². The first-order valence-electron chi connectivity index (χ1n) is 10.1. The number of carbonyl (C=O) groups excluding carboxylic acids is 2. The van der Waals surface area contributed by atoms with Gasteiger partial charge in [-0.2, -0.15) is 0 Å². The van der Waals surface area contributed by atoms with Crippen LogP contribution in [0.1, 0.15) is 78.1 Å². The zero-order valence-corrected chi connectivity index (χ0v) is 15.2. The fraction of sp³-hybridized carbons (Fsp3) is 0.900. The molecular formula is C20H32N2O2. The van der Waals surface area contributed by atoms with Crippen LogP contribution in [0, 0.1) is 17.3 Å². The molecule has 0 aromatic rings. The van der Waals surface area contributed by atoms with Crippen LogP contribution in [0.25, 0.3) is 0 Å². The summed E-state index contributed by atoms with van der Waals surface area (Å²) in [4.78, 5) is 25.4. The molecule has 4 nitrogen and oxygen atoms in total. The Bertz CT molecular complexity index is 506. The number of imide groups is 1. The Balaban J connectivity index is 1.32. The molecule has 1 unspecified atom stereocenters. The molecular weight excluding hydrogens is 300 g/mol. The highest BCUT2D eigenvalue weighted by atomic mass is 16.2. The van der Waals surface area contributed by atoms with Crippen LogP contribution in [0.3, 0.4) is 0 Å². The molecule has 0 spiro atoms. The Labute approximate surface area is 145 Å². The number of hydrogen-bond donors (Lipinski definition) is 1. The van der Waals surface area contributed by atoms with Crippen molar-refractivity contribution in [2.24, 2.45) is 17.3 Å². The quantitative estimate of drug-likeness (QED) is 0.807. The Morgan fingerprint density at radius 1 is 0.917 bits per heavy atom. The van der Waals surface area contributed by atoms with Crippen LogP contribution in [-0.4, -0.2) is 34.8 Å². The summed E-state index contributed by atoms with van der Waals surface area (Å²) in [6.07, 6.45) is 10.7. The fourth-order valence-corrected chi connectivity index (χ4v) is 6.24. The number of nitrogens with zero attached hydrogens (tertiary/aromatic N) is 1. The number of hydrogen-bond acceptors (Lipinski definition) is 3. The topological polar surface area (TPSA) is 49.4 Å². The minimum Gasteiger partial charge on any atom is -0.310 e. The van der Waals surface area contributed by atoms with Crippen molar-refractivity contribution in [1.29, 1.82) is 0 Å².